The van der Waals surface area contributed by atoms with E-state index < -0.39 is 6.04 Å². The third kappa shape index (κ3) is 6.59. The van der Waals surface area contributed by atoms with Gasteiger partial charge in [-0.05, 0) is 81.3 Å². The van der Waals surface area contributed by atoms with Crippen molar-refractivity contribution in [3.05, 3.63) is 64.2 Å². The van der Waals surface area contributed by atoms with Crippen LogP contribution in [0.15, 0.2) is 36.4 Å². The van der Waals surface area contributed by atoms with Crippen molar-refractivity contribution < 1.29 is 14.3 Å². The van der Waals surface area contributed by atoms with Crippen molar-refractivity contribution in [1.82, 2.24) is 10.2 Å². The molecule has 0 aromatic heterocycles. The standard InChI is InChI=1S/C28H38N2O3/c1-19-15-21(3)22(4)26(16-19)33-18-27(31)30(17-24-12-10-9-11-20(24)2)23(5)28(32)29-25-13-7-6-8-14-25/h9-12,15-16,23,25H,6-8,13-14,17-18H2,1-5H3,(H,29,32)/t23-/m1/s1. The van der Waals surface area contributed by atoms with Gasteiger partial charge in [-0.2, -0.15) is 0 Å². The lowest BCUT2D eigenvalue weighted by atomic mass is 9.95. The molecule has 2 aromatic carbocycles. The lowest BCUT2D eigenvalue weighted by Gasteiger charge is -2.31. The molecule has 178 valence electrons. The number of nitrogens with zero attached hydrogens (tertiary/aromatic N) is 1. The number of ether oxygens (including phenoxy) is 1. The largest absolute Gasteiger partial charge is 0.483 e. The summed E-state index contributed by atoms with van der Waals surface area (Å²) in [7, 11) is 0. The molecule has 1 N–H and O–H groups in total. The van der Waals surface area contributed by atoms with Gasteiger partial charge in [0.05, 0.1) is 0 Å². The van der Waals surface area contributed by atoms with E-state index in [1.54, 1.807) is 4.90 Å². The molecule has 5 heteroatoms. The summed E-state index contributed by atoms with van der Waals surface area (Å²) in [4.78, 5) is 28.1. The van der Waals surface area contributed by atoms with Gasteiger partial charge < -0.3 is 15.0 Å². The fourth-order valence-electron chi connectivity index (χ4n) is 4.50. The molecule has 1 aliphatic carbocycles. The van der Waals surface area contributed by atoms with E-state index in [9.17, 15) is 9.59 Å². The highest BCUT2D eigenvalue weighted by Gasteiger charge is 2.28. The summed E-state index contributed by atoms with van der Waals surface area (Å²) in [5.74, 6) is 0.436. The number of carbonyl (C=O) groups excluding carboxylic acids is 2. The highest BCUT2D eigenvalue weighted by molar-refractivity contribution is 5.88. The molecule has 3 rings (SSSR count). The quantitative estimate of drug-likeness (QED) is 0.604. The normalized spacial score (nSPS) is 15.1. The van der Waals surface area contributed by atoms with Crippen molar-refractivity contribution in [2.24, 2.45) is 0 Å². The van der Waals surface area contributed by atoms with Crippen LogP contribution in [0.2, 0.25) is 0 Å². The summed E-state index contributed by atoms with van der Waals surface area (Å²) in [6, 6.07) is 11.7. The lowest BCUT2D eigenvalue weighted by molar-refractivity contribution is -0.142. The van der Waals surface area contributed by atoms with E-state index in [4.69, 9.17) is 4.74 Å². The predicted molar refractivity (Wildman–Crippen MR) is 132 cm³/mol. The molecule has 0 aliphatic heterocycles. The number of amides is 2. The van der Waals surface area contributed by atoms with Crippen LogP contribution in [0.1, 0.15) is 66.8 Å². The van der Waals surface area contributed by atoms with Gasteiger partial charge in [-0.3, -0.25) is 9.59 Å². The third-order valence-corrected chi connectivity index (χ3v) is 6.84. The van der Waals surface area contributed by atoms with Gasteiger partial charge >= 0.3 is 0 Å². The number of hydrogen-bond acceptors (Lipinski definition) is 3. The molecule has 0 unspecified atom stereocenters. The summed E-state index contributed by atoms with van der Waals surface area (Å²) in [5, 5.41) is 3.18. The Morgan fingerprint density at radius 2 is 1.73 bits per heavy atom. The van der Waals surface area contributed by atoms with E-state index in [1.807, 2.05) is 65.0 Å². The van der Waals surface area contributed by atoms with Crippen molar-refractivity contribution in [2.45, 2.75) is 85.4 Å². The van der Waals surface area contributed by atoms with Crippen molar-refractivity contribution in [3.63, 3.8) is 0 Å². The highest BCUT2D eigenvalue weighted by atomic mass is 16.5. The Bertz CT molecular complexity index is 979. The second kappa shape index (κ2) is 11.4. The molecule has 2 amide bonds. The Hall–Kier alpha value is -2.82. The van der Waals surface area contributed by atoms with Crippen molar-refractivity contribution in [2.75, 3.05) is 6.61 Å². The zero-order valence-electron chi connectivity index (χ0n) is 20.7. The molecule has 1 fully saturated rings. The van der Waals surface area contributed by atoms with E-state index in [2.05, 4.69) is 11.4 Å². The number of benzene rings is 2. The zero-order chi connectivity index (χ0) is 24.0. The SMILES string of the molecule is Cc1cc(C)c(C)c(OCC(=O)N(Cc2ccccc2C)[C@H](C)C(=O)NC2CCCCC2)c1. The maximum absolute atomic E-state index is 13.4. The van der Waals surface area contributed by atoms with Crippen molar-refractivity contribution in [1.29, 1.82) is 0 Å². The van der Waals surface area contributed by atoms with Gasteiger partial charge in [0.25, 0.3) is 5.91 Å². The lowest BCUT2D eigenvalue weighted by Crippen LogP contribution is -2.51. The monoisotopic (exact) mass is 450 g/mol. The first-order valence-electron chi connectivity index (χ1n) is 12.1. The Morgan fingerprint density at radius 1 is 1.03 bits per heavy atom. The molecule has 0 saturated heterocycles. The van der Waals surface area contributed by atoms with Crippen LogP contribution in [0, 0.1) is 27.7 Å². The molecular weight excluding hydrogens is 412 g/mol. The highest BCUT2D eigenvalue weighted by Crippen LogP contribution is 2.24. The number of hydrogen-bond donors (Lipinski definition) is 1. The third-order valence-electron chi connectivity index (χ3n) is 6.84. The van der Waals surface area contributed by atoms with Gasteiger partial charge in [-0.15, -0.1) is 0 Å². The summed E-state index contributed by atoms with van der Waals surface area (Å²) in [6.45, 7) is 10.2. The van der Waals surface area contributed by atoms with Crippen LogP contribution >= 0.6 is 0 Å². The second-order valence-electron chi connectivity index (χ2n) is 9.46. The van der Waals surface area contributed by atoms with Crippen LogP contribution in [-0.4, -0.2) is 35.4 Å². The van der Waals surface area contributed by atoms with Crippen molar-refractivity contribution >= 4 is 11.8 Å². The fourth-order valence-corrected chi connectivity index (χ4v) is 4.50. The number of carbonyl (C=O) groups is 2. The van der Waals surface area contributed by atoms with Crippen LogP contribution < -0.4 is 10.1 Å². The molecule has 1 aliphatic rings. The van der Waals surface area contributed by atoms with Gasteiger partial charge in [0.2, 0.25) is 5.91 Å². The van der Waals surface area contributed by atoms with Crippen molar-refractivity contribution in [3.8, 4) is 5.75 Å². The minimum Gasteiger partial charge on any atom is -0.483 e. The van der Waals surface area contributed by atoms with Crippen LogP contribution in [0.5, 0.6) is 5.75 Å². The topological polar surface area (TPSA) is 58.6 Å². The minimum absolute atomic E-state index is 0.0913. The molecule has 33 heavy (non-hydrogen) atoms. The molecule has 0 spiro atoms. The Balaban J connectivity index is 1.76. The minimum atomic E-state index is -0.581. The fraction of sp³-hybridized carbons (Fsp3) is 0.500. The Labute approximate surface area is 198 Å². The molecule has 1 saturated carbocycles. The predicted octanol–water partition coefficient (Wildman–Crippen LogP) is 5.17. The molecule has 0 radical (unpaired) electrons. The zero-order valence-corrected chi connectivity index (χ0v) is 20.7. The first-order chi connectivity index (χ1) is 15.8. The summed E-state index contributed by atoms with van der Waals surface area (Å²) >= 11 is 0. The van der Waals surface area contributed by atoms with Crippen LogP contribution in [0.3, 0.4) is 0 Å². The van der Waals surface area contributed by atoms with Crippen LogP contribution in [0.25, 0.3) is 0 Å². The number of rotatable bonds is 8. The van der Waals surface area contributed by atoms with Crippen LogP contribution in [0.4, 0.5) is 0 Å². The molecule has 5 nitrogen and oxygen atoms in total. The number of nitrogens with one attached hydrogen (secondary N) is 1. The maximum Gasteiger partial charge on any atom is 0.261 e. The van der Waals surface area contributed by atoms with E-state index in [0.717, 1.165) is 59.3 Å². The first-order valence-corrected chi connectivity index (χ1v) is 12.1. The first kappa shape index (κ1) is 24.8. The van der Waals surface area contributed by atoms with E-state index in [-0.39, 0.29) is 24.5 Å². The molecule has 1 atom stereocenters. The van der Waals surface area contributed by atoms with Crippen LogP contribution in [-0.2, 0) is 16.1 Å². The second-order valence-corrected chi connectivity index (χ2v) is 9.46. The number of aryl methyl sites for hydroxylation is 3. The molecule has 0 heterocycles. The average molecular weight is 451 g/mol. The molecule has 0 bridgehead atoms. The van der Waals surface area contributed by atoms with Gasteiger partial charge in [0.15, 0.2) is 6.61 Å². The summed E-state index contributed by atoms with van der Waals surface area (Å²) in [6.07, 6.45) is 5.55. The molecule has 2 aromatic rings. The maximum atomic E-state index is 13.4. The average Bonchev–Trinajstić information content (AvgIpc) is 2.80. The molecular formula is C28H38N2O3. The smallest absolute Gasteiger partial charge is 0.261 e. The van der Waals surface area contributed by atoms with Gasteiger partial charge in [-0.1, -0.05) is 49.6 Å². The van der Waals surface area contributed by atoms with E-state index in [0.29, 0.717) is 6.54 Å². The van der Waals surface area contributed by atoms with Gasteiger partial charge in [0.1, 0.15) is 11.8 Å². The van der Waals surface area contributed by atoms with Gasteiger partial charge in [-0.25, -0.2) is 0 Å². The van der Waals surface area contributed by atoms with E-state index in [1.165, 1.54) is 6.42 Å². The Kier molecular flexibility index (Phi) is 8.54. The Morgan fingerprint density at radius 3 is 2.42 bits per heavy atom. The van der Waals surface area contributed by atoms with Gasteiger partial charge in [0, 0.05) is 12.6 Å². The van der Waals surface area contributed by atoms with E-state index >= 15 is 0 Å². The summed E-state index contributed by atoms with van der Waals surface area (Å²) < 4.78 is 5.97. The summed E-state index contributed by atoms with van der Waals surface area (Å²) in [5.41, 5.74) is 5.39.